The lowest BCUT2D eigenvalue weighted by Crippen LogP contribution is -2.33. The van der Waals surface area contributed by atoms with Gasteiger partial charge >= 0.3 is 5.97 Å². The summed E-state index contributed by atoms with van der Waals surface area (Å²) in [6, 6.07) is 12.9. The molecule has 1 atom stereocenters. The summed E-state index contributed by atoms with van der Waals surface area (Å²) in [6.07, 6.45) is 0. The van der Waals surface area contributed by atoms with Crippen LogP contribution < -0.4 is 10.1 Å². The van der Waals surface area contributed by atoms with Crippen LogP contribution in [0.5, 0.6) is 5.75 Å². The number of ether oxygens (including phenoxy) is 1. The van der Waals surface area contributed by atoms with E-state index in [9.17, 15) is 9.18 Å². The summed E-state index contributed by atoms with van der Waals surface area (Å²) in [5.74, 6) is -0.502. The molecule has 116 valence electrons. The number of carboxylic acid groups (broad SMARTS) is 1. The molecule has 0 amide bonds. The monoisotopic (exact) mass is 303 g/mol. The zero-order valence-electron chi connectivity index (χ0n) is 12.3. The Bertz CT molecular complexity index is 628. The molecule has 2 rings (SSSR count). The smallest absolute Gasteiger partial charge is 0.320 e. The molecule has 2 aromatic carbocycles. The van der Waals surface area contributed by atoms with Crippen LogP contribution in [0.3, 0.4) is 0 Å². The number of rotatable bonds is 7. The molecule has 22 heavy (non-hydrogen) atoms. The Morgan fingerprint density at radius 1 is 1.23 bits per heavy atom. The third-order valence-corrected chi connectivity index (χ3v) is 3.25. The van der Waals surface area contributed by atoms with E-state index in [-0.39, 0.29) is 5.82 Å². The lowest BCUT2D eigenvalue weighted by atomic mass is 10.2. The molecule has 0 radical (unpaired) electrons. The highest BCUT2D eigenvalue weighted by molar-refractivity contribution is 5.72. The number of halogens is 1. The fraction of sp³-hybridized carbons (Fsp3) is 0.235. The van der Waals surface area contributed by atoms with E-state index in [2.05, 4.69) is 5.32 Å². The Labute approximate surface area is 128 Å². The van der Waals surface area contributed by atoms with E-state index in [1.54, 1.807) is 19.1 Å². The van der Waals surface area contributed by atoms with Crippen LogP contribution in [0.15, 0.2) is 48.5 Å². The molecule has 0 aliphatic carbocycles. The topological polar surface area (TPSA) is 58.6 Å². The van der Waals surface area contributed by atoms with E-state index in [1.165, 1.54) is 12.1 Å². The maximum absolute atomic E-state index is 12.9. The summed E-state index contributed by atoms with van der Waals surface area (Å²) in [6.45, 7) is 2.31. The summed E-state index contributed by atoms with van der Waals surface area (Å²) >= 11 is 0. The lowest BCUT2D eigenvalue weighted by Gasteiger charge is -2.14. The van der Waals surface area contributed by atoms with E-state index in [4.69, 9.17) is 9.84 Å². The molecule has 2 aromatic rings. The number of aliphatic carboxylic acids is 1. The van der Waals surface area contributed by atoms with Crippen LogP contribution in [0.4, 0.5) is 4.39 Å². The first kappa shape index (κ1) is 16.0. The molecular weight excluding hydrogens is 285 g/mol. The normalized spacial score (nSPS) is 11.9. The van der Waals surface area contributed by atoms with Crippen molar-refractivity contribution in [2.24, 2.45) is 0 Å². The van der Waals surface area contributed by atoms with Gasteiger partial charge in [-0.05, 0) is 30.7 Å². The summed E-state index contributed by atoms with van der Waals surface area (Å²) in [7, 11) is 0. The molecule has 0 bridgehead atoms. The Kier molecular flexibility index (Phi) is 5.49. The predicted octanol–water partition coefficient (Wildman–Crippen LogP) is 2.97. The van der Waals surface area contributed by atoms with Crippen molar-refractivity contribution in [2.45, 2.75) is 26.1 Å². The lowest BCUT2D eigenvalue weighted by molar-refractivity contribution is -0.139. The Balaban J connectivity index is 1.98. The number of carboxylic acids is 1. The first-order valence-electron chi connectivity index (χ1n) is 6.97. The molecule has 0 spiro atoms. The highest BCUT2D eigenvalue weighted by Gasteiger charge is 2.11. The molecule has 2 N–H and O–H groups in total. The molecule has 4 nitrogen and oxygen atoms in total. The molecule has 5 heteroatoms. The van der Waals surface area contributed by atoms with Gasteiger partial charge in [-0.1, -0.05) is 30.3 Å². The van der Waals surface area contributed by atoms with Gasteiger partial charge in [-0.2, -0.15) is 0 Å². The van der Waals surface area contributed by atoms with Crippen molar-refractivity contribution < 1.29 is 19.0 Å². The summed E-state index contributed by atoms with van der Waals surface area (Å²) in [5, 5.41) is 11.8. The zero-order chi connectivity index (χ0) is 15.9. The molecule has 0 aromatic heterocycles. The number of hydrogen-bond acceptors (Lipinski definition) is 3. The van der Waals surface area contributed by atoms with Crippen molar-refractivity contribution in [1.29, 1.82) is 0 Å². The molecule has 0 fully saturated rings. The van der Waals surface area contributed by atoms with E-state index in [0.717, 1.165) is 11.1 Å². The highest BCUT2D eigenvalue weighted by Crippen LogP contribution is 2.19. The van der Waals surface area contributed by atoms with Crippen LogP contribution >= 0.6 is 0 Å². The molecule has 1 unspecified atom stereocenters. The van der Waals surface area contributed by atoms with Crippen molar-refractivity contribution in [3.05, 3.63) is 65.5 Å². The number of para-hydroxylation sites is 1. The molecular formula is C17H18FNO3. The standard InChI is InChI=1S/C17H18FNO3/c1-12(17(20)21)19-10-14-4-2-3-5-16(14)22-11-13-6-8-15(18)9-7-13/h2-9,12,19H,10-11H2,1H3,(H,20,21). The van der Waals surface area contributed by atoms with E-state index < -0.39 is 12.0 Å². The van der Waals surface area contributed by atoms with Gasteiger partial charge < -0.3 is 15.2 Å². The Hall–Kier alpha value is -2.40. The largest absolute Gasteiger partial charge is 0.489 e. The number of benzene rings is 2. The van der Waals surface area contributed by atoms with Crippen molar-refractivity contribution >= 4 is 5.97 Å². The van der Waals surface area contributed by atoms with Crippen molar-refractivity contribution in [1.82, 2.24) is 5.32 Å². The first-order valence-corrected chi connectivity index (χ1v) is 6.97. The fourth-order valence-corrected chi connectivity index (χ4v) is 1.88. The third kappa shape index (κ3) is 4.56. The Morgan fingerprint density at radius 2 is 1.91 bits per heavy atom. The van der Waals surface area contributed by atoms with Gasteiger partial charge in [0.1, 0.15) is 24.2 Å². The fourth-order valence-electron chi connectivity index (χ4n) is 1.88. The number of carbonyl (C=O) groups is 1. The highest BCUT2D eigenvalue weighted by atomic mass is 19.1. The van der Waals surface area contributed by atoms with Crippen molar-refractivity contribution in [3.8, 4) is 5.75 Å². The summed E-state index contributed by atoms with van der Waals surface area (Å²) in [4.78, 5) is 10.8. The van der Waals surface area contributed by atoms with Gasteiger partial charge in [0.15, 0.2) is 0 Å². The SMILES string of the molecule is CC(NCc1ccccc1OCc1ccc(F)cc1)C(=O)O. The average molecular weight is 303 g/mol. The molecule has 0 aliphatic heterocycles. The summed E-state index contributed by atoms with van der Waals surface area (Å²) in [5.41, 5.74) is 1.74. The van der Waals surface area contributed by atoms with Crippen molar-refractivity contribution in [3.63, 3.8) is 0 Å². The average Bonchev–Trinajstić information content (AvgIpc) is 2.52. The Morgan fingerprint density at radius 3 is 2.59 bits per heavy atom. The molecule has 0 aliphatic rings. The summed E-state index contributed by atoms with van der Waals surface area (Å²) < 4.78 is 18.6. The molecule has 0 saturated heterocycles. The second-order valence-corrected chi connectivity index (χ2v) is 4.96. The first-order chi connectivity index (χ1) is 10.6. The third-order valence-electron chi connectivity index (χ3n) is 3.25. The van der Waals surface area contributed by atoms with Crippen LogP contribution in [0, 0.1) is 5.82 Å². The van der Waals surface area contributed by atoms with E-state index >= 15 is 0 Å². The number of hydrogen-bond donors (Lipinski definition) is 2. The maximum atomic E-state index is 12.9. The van der Waals surface area contributed by atoms with Gasteiger partial charge in [-0.15, -0.1) is 0 Å². The van der Waals surface area contributed by atoms with Crippen LogP contribution in [0.25, 0.3) is 0 Å². The van der Waals surface area contributed by atoms with Gasteiger partial charge in [0, 0.05) is 12.1 Å². The quantitative estimate of drug-likeness (QED) is 0.825. The van der Waals surface area contributed by atoms with Crippen LogP contribution in [-0.2, 0) is 17.9 Å². The van der Waals surface area contributed by atoms with Crippen molar-refractivity contribution in [2.75, 3.05) is 0 Å². The zero-order valence-corrected chi connectivity index (χ0v) is 12.3. The second kappa shape index (κ2) is 7.56. The minimum atomic E-state index is -0.898. The van der Waals surface area contributed by atoms with Gasteiger partial charge in [-0.3, -0.25) is 4.79 Å². The molecule has 0 heterocycles. The predicted molar refractivity (Wildman–Crippen MR) is 81.1 cm³/mol. The van der Waals surface area contributed by atoms with Gasteiger partial charge in [0.25, 0.3) is 0 Å². The minimum Gasteiger partial charge on any atom is -0.489 e. The van der Waals surface area contributed by atoms with Crippen LogP contribution in [0.1, 0.15) is 18.1 Å². The van der Waals surface area contributed by atoms with Crippen LogP contribution in [-0.4, -0.2) is 17.1 Å². The van der Waals surface area contributed by atoms with Gasteiger partial charge in [0.05, 0.1) is 0 Å². The van der Waals surface area contributed by atoms with E-state index in [1.807, 2.05) is 24.3 Å². The minimum absolute atomic E-state index is 0.281. The molecule has 0 saturated carbocycles. The maximum Gasteiger partial charge on any atom is 0.320 e. The van der Waals surface area contributed by atoms with E-state index in [0.29, 0.717) is 18.9 Å². The second-order valence-electron chi connectivity index (χ2n) is 4.96. The van der Waals surface area contributed by atoms with Crippen LogP contribution in [0.2, 0.25) is 0 Å². The van der Waals surface area contributed by atoms with Gasteiger partial charge in [-0.25, -0.2) is 4.39 Å². The number of nitrogens with one attached hydrogen (secondary N) is 1. The van der Waals surface area contributed by atoms with Gasteiger partial charge in [0.2, 0.25) is 0 Å².